The molecule has 94 heavy (non-hydrogen) atoms. The third kappa shape index (κ3) is 17.3. The molecule has 4 amide bonds. The van der Waals surface area contributed by atoms with Gasteiger partial charge in [0, 0.05) is 31.8 Å². The first-order chi connectivity index (χ1) is 44.6. The van der Waals surface area contributed by atoms with Crippen LogP contribution in [0.3, 0.4) is 0 Å². The summed E-state index contributed by atoms with van der Waals surface area (Å²) < 4.78 is 50.3. The van der Waals surface area contributed by atoms with E-state index < -0.39 is 239 Å². The van der Waals surface area contributed by atoms with Gasteiger partial charge < -0.3 is 143 Å². The van der Waals surface area contributed by atoms with Gasteiger partial charge in [-0.1, -0.05) is 57.2 Å². The SMILES string of the molecule is CC(C)CC(=O)OC1C(OC2C(CO)OC(Oc3ccc(CC(NC(=O)C(N)C(C)c4ccccc4)C(=O)NC(C(=O)NC(C(=O)NC([C]=O)CO)C(O)C4CNC(=N)N4C4OC(CO)C(O)C(O)C4O)C(O)C4CNC(=N)N4)cc3F)C(O)C2O)OC(CO)C(O)C1O. The number of ether oxygens (including phenoxy) is 6. The second-order valence-electron chi connectivity index (χ2n) is 23.7. The molecule has 5 aliphatic rings. The number of rotatable bonds is 29. The summed E-state index contributed by atoms with van der Waals surface area (Å²) in [5.41, 5.74) is 6.94. The van der Waals surface area contributed by atoms with Crippen LogP contribution in [0.15, 0.2) is 48.5 Å². The van der Waals surface area contributed by atoms with E-state index in [1.807, 2.05) is 0 Å². The number of amides is 4. The van der Waals surface area contributed by atoms with Crippen LogP contribution in [0.1, 0.15) is 44.2 Å². The highest BCUT2D eigenvalue weighted by atomic mass is 19.1. The molecule has 0 saturated carbocycles. The summed E-state index contributed by atoms with van der Waals surface area (Å²) in [7, 11) is 0. The molecule has 0 spiro atoms. The molecule has 5 heterocycles. The zero-order valence-corrected chi connectivity index (χ0v) is 50.9. The number of carbonyl (C=O) groups excluding carboxylic acids is 6. The number of aliphatic hydroxyl groups is 13. The number of hydrogen-bond acceptors (Lipinski definition) is 28. The lowest BCUT2D eigenvalue weighted by Crippen LogP contribution is -2.69. The van der Waals surface area contributed by atoms with Crippen molar-refractivity contribution in [3.63, 3.8) is 0 Å². The van der Waals surface area contributed by atoms with Gasteiger partial charge in [-0.3, -0.25) is 39.6 Å². The van der Waals surface area contributed by atoms with E-state index in [1.165, 1.54) is 12.4 Å². The molecule has 25 unspecified atom stereocenters. The minimum absolute atomic E-state index is 0.118. The summed E-state index contributed by atoms with van der Waals surface area (Å²) in [6.07, 6.45) is -31.8. The smallest absolute Gasteiger partial charge is 0.306 e. The minimum Gasteiger partial charge on any atom is -0.459 e. The quantitative estimate of drug-likeness (QED) is 0.0336. The Kier molecular flexibility index (Phi) is 26.2. The summed E-state index contributed by atoms with van der Waals surface area (Å²) in [5.74, 6) is -9.95. The summed E-state index contributed by atoms with van der Waals surface area (Å²) in [5, 5.41) is 174. The fourth-order valence-corrected chi connectivity index (χ4v) is 11.2. The lowest BCUT2D eigenvalue weighted by molar-refractivity contribution is -0.353. The number of benzene rings is 2. The molecule has 24 N–H and O–H groups in total. The van der Waals surface area contributed by atoms with Gasteiger partial charge in [-0.25, -0.2) is 4.39 Å². The molecule has 523 valence electrons. The van der Waals surface area contributed by atoms with E-state index in [9.17, 15) is 95.2 Å². The fraction of sp³-hybridized carbons (Fsp3) is 0.649. The van der Waals surface area contributed by atoms with Gasteiger partial charge in [-0.15, -0.1) is 0 Å². The van der Waals surface area contributed by atoms with Crippen molar-refractivity contribution in [3.8, 4) is 5.75 Å². The van der Waals surface area contributed by atoms with Gasteiger partial charge in [0.15, 0.2) is 42.1 Å². The number of guanidine groups is 2. The number of hydrogen-bond donors (Lipinski definition) is 23. The van der Waals surface area contributed by atoms with Gasteiger partial charge in [0.1, 0.15) is 104 Å². The summed E-state index contributed by atoms with van der Waals surface area (Å²) in [4.78, 5) is 83.4. The maximum Gasteiger partial charge on any atom is 0.306 e. The number of nitrogens with one attached hydrogen (secondary N) is 9. The highest BCUT2D eigenvalue weighted by Gasteiger charge is 2.55. The first kappa shape index (κ1) is 74.4. The van der Waals surface area contributed by atoms with Crippen molar-refractivity contribution in [2.75, 3.05) is 39.5 Å². The van der Waals surface area contributed by atoms with Gasteiger partial charge in [0.2, 0.25) is 36.2 Å². The third-order valence-electron chi connectivity index (χ3n) is 16.6. The lowest BCUT2D eigenvalue weighted by atomic mass is 9.93. The molecule has 1 radical (unpaired) electrons. The fourth-order valence-electron chi connectivity index (χ4n) is 11.2. The van der Waals surface area contributed by atoms with Crippen LogP contribution in [0.4, 0.5) is 4.39 Å². The molecule has 36 nitrogen and oxygen atoms in total. The molecule has 7 rings (SSSR count). The van der Waals surface area contributed by atoms with Gasteiger partial charge >= 0.3 is 5.97 Å². The van der Waals surface area contributed by atoms with E-state index in [0.717, 1.165) is 17.0 Å². The molecule has 0 aromatic heterocycles. The Labute approximate surface area is 535 Å². The Balaban J connectivity index is 1.16. The molecular formula is C57H83FN11O25. The van der Waals surface area contributed by atoms with Crippen LogP contribution in [0, 0.1) is 22.6 Å². The molecule has 25 atom stereocenters. The molecule has 37 heteroatoms. The number of esters is 1. The van der Waals surface area contributed by atoms with Gasteiger partial charge in [0.05, 0.1) is 44.6 Å². The van der Waals surface area contributed by atoms with Crippen molar-refractivity contribution in [1.29, 1.82) is 10.8 Å². The lowest BCUT2D eigenvalue weighted by Gasteiger charge is -2.46. The summed E-state index contributed by atoms with van der Waals surface area (Å²) in [6.45, 7) is 0.372. The van der Waals surface area contributed by atoms with Crippen molar-refractivity contribution in [3.05, 3.63) is 65.5 Å². The standard InChI is InChI=1S/C57H83FN11O25/c1-21(2)11-34(75)93-48-43(81)41(79)32(19-73)91-55(48)94-47-33(20-74)92-54(46(84)44(47)82)90-30-10-9-23(12-26(30)58)13-27(65-50(86)35(59)22(3)24-7-5-4-6-8-24)49(85)67-36(38(76)28-14-62-56(60)66-28)52(88)68-37(51(87)64-25(16-70)17-71)39(77)29-15-63-57(61)69(29)53-45(83)42(80)40(78)31(18-72)89-53/h4-10,12,21-22,25,27-29,31-33,35-48,53-55,70,72-74,76-84H,11,13-16,18-20,59H2,1-3H3,(H2,61,63)(H,64,87)(H,65,86)(H,67,85)(H,68,88)(H3,60,62,66). The summed E-state index contributed by atoms with van der Waals surface area (Å²) in [6, 6.07) is -1.34. The minimum atomic E-state index is -2.34. The number of nitrogens with zero attached hydrogens (tertiary/aromatic N) is 1. The van der Waals surface area contributed by atoms with Crippen molar-refractivity contribution >= 4 is 47.8 Å². The van der Waals surface area contributed by atoms with E-state index >= 15 is 4.39 Å². The average Bonchev–Trinajstić information content (AvgIpc) is 1.39. The second-order valence-corrected chi connectivity index (χ2v) is 23.7. The number of aliphatic hydroxyl groups excluding tert-OH is 13. The maximum absolute atomic E-state index is 16.4. The molecule has 0 bridgehead atoms. The predicted molar refractivity (Wildman–Crippen MR) is 314 cm³/mol. The Hall–Kier alpha value is -6.99. The Morgan fingerprint density at radius 3 is 1.93 bits per heavy atom. The molecular weight excluding hydrogens is 1260 g/mol. The average molecular weight is 1340 g/mol. The third-order valence-corrected chi connectivity index (χ3v) is 16.6. The zero-order chi connectivity index (χ0) is 69.2. The van der Waals surface area contributed by atoms with E-state index in [0.29, 0.717) is 5.56 Å². The molecule has 0 aliphatic carbocycles. The first-order valence-electron chi connectivity index (χ1n) is 30.0. The largest absolute Gasteiger partial charge is 0.459 e. The van der Waals surface area contributed by atoms with E-state index in [2.05, 4.69) is 37.2 Å². The summed E-state index contributed by atoms with van der Waals surface area (Å²) >= 11 is 0. The molecule has 5 fully saturated rings. The van der Waals surface area contributed by atoms with Crippen molar-refractivity contribution in [2.24, 2.45) is 11.7 Å². The Morgan fingerprint density at radius 2 is 1.32 bits per heavy atom. The number of halogens is 1. The number of carbonyl (C=O) groups is 5. The van der Waals surface area contributed by atoms with Crippen molar-refractivity contribution < 1.29 is 128 Å². The predicted octanol–water partition coefficient (Wildman–Crippen LogP) is -10.6. The second kappa shape index (κ2) is 33.1. The van der Waals surface area contributed by atoms with E-state index in [-0.39, 0.29) is 30.4 Å². The van der Waals surface area contributed by atoms with Gasteiger partial charge in [0.25, 0.3) is 0 Å². The van der Waals surface area contributed by atoms with Crippen LogP contribution in [0.2, 0.25) is 0 Å². The van der Waals surface area contributed by atoms with Crippen LogP contribution in [0.25, 0.3) is 0 Å². The molecule has 2 aromatic rings. The van der Waals surface area contributed by atoms with Crippen LogP contribution < -0.4 is 47.7 Å². The van der Waals surface area contributed by atoms with Gasteiger partial charge in [-0.2, -0.15) is 0 Å². The Bertz CT molecular complexity index is 2930. The normalized spacial score (nSPS) is 32.0. The molecule has 5 aliphatic heterocycles. The van der Waals surface area contributed by atoms with E-state index in [4.69, 9.17) is 45.0 Å². The zero-order valence-electron chi connectivity index (χ0n) is 50.9. The van der Waals surface area contributed by atoms with Crippen LogP contribution in [-0.2, 0) is 58.9 Å². The first-order valence-corrected chi connectivity index (χ1v) is 30.0. The topological polar surface area (TPSA) is 582 Å². The van der Waals surface area contributed by atoms with Crippen molar-refractivity contribution in [2.45, 2.75) is 186 Å². The highest BCUT2D eigenvalue weighted by molar-refractivity contribution is 5.96. The van der Waals surface area contributed by atoms with Gasteiger partial charge in [-0.05, 0) is 29.2 Å². The molecule has 2 aromatic carbocycles. The van der Waals surface area contributed by atoms with Crippen molar-refractivity contribution in [1.82, 2.24) is 42.1 Å². The highest BCUT2D eigenvalue weighted by Crippen LogP contribution is 2.34. The number of nitrogens with two attached hydrogens (primary N) is 1. The monoisotopic (exact) mass is 1340 g/mol. The van der Waals surface area contributed by atoms with E-state index in [1.54, 1.807) is 51.1 Å². The van der Waals surface area contributed by atoms with Crippen LogP contribution in [0.5, 0.6) is 5.75 Å². The molecule has 5 saturated heterocycles. The Morgan fingerprint density at radius 1 is 0.713 bits per heavy atom. The van der Waals surface area contributed by atoms with Crippen LogP contribution >= 0.6 is 0 Å². The van der Waals surface area contributed by atoms with Crippen LogP contribution in [-0.4, -0.2) is 305 Å². The maximum atomic E-state index is 16.4.